The van der Waals surface area contributed by atoms with Crippen molar-refractivity contribution >= 4 is 0 Å². The molecule has 0 aliphatic rings. The quantitative estimate of drug-likeness (QED) is 0.935. The summed E-state index contributed by atoms with van der Waals surface area (Å²) in [7, 11) is 0. The molecule has 4 heteroatoms. The molecule has 0 aliphatic heterocycles. The molecule has 0 bridgehead atoms. The lowest BCUT2D eigenvalue weighted by molar-refractivity contribution is 0.179. The fourth-order valence-corrected chi connectivity index (χ4v) is 2.08. The number of ether oxygens (including phenoxy) is 1. The average Bonchev–Trinajstić information content (AvgIpc) is 2.45. The van der Waals surface area contributed by atoms with E-state index in [1.54, 1.807) is 6.07 Å². The van der Waals surface area contributed by atoms with Gasteiger partial charge in [-0.1, -0.05) is 35.9 Å². The lowest BCUT2D eigenvalue weighted by Gasteiger charge is -2.23. The van der Waals surface area contributed by atoms with Gasteiger partial charge in [-0.05, 0) is 31.5 Å². The number of nitrogens with zero attached hydrogens (tertiary/aromatic N) is 1. The third kappa shape index (κ3) is 3.39. The van der Waals surface area contributed by atoms with Gasteiger partial charge in [-0.2, -0.15) is 5.26 Å². The minimum Gasteiger partial charge on any atom is -0.483 e. The summed E-state index contributed by atoms with van der Waals surface area (Å²) in [5.74, 6) is -0.386. The van der Waals surface area contributed by atoms with Gasteiger partial charge >= 0.3 is 0 Å². The molecule has 0 heterocycles. The van der Waals surface area contributed by atoms with Gasteiger partial charge < -0.3 is 10.5 Å². The summed E-state index contributed by atoms with van der Waals surface area (Å²) in [6, 6.07) is 13.6. The highest BCUT2D eigenvalue weighted by atomic mass is 19.1. The van der Waals surface area contributed by atoms with Crippen LogP contribution in [0.1, 0.15) is 29.7 Å². The molecular formula is C17H17FN2O. The number of nitrogens with two attached hydrogens (primary N) is 1. The Morgan fingerprint density at radius 1 is 1.19 bits per heavy atom. The summed E-state index contributed by atoms with van der Waals surface area (Å²) in [5, 5.41) is 9.06. The summed E-state index contributed by atoms with van der Waals surface area (Å²) >= 11 is 0. The molecule has 2 atom stereocenters. The fourth-order valence-electron chi connectivity index (χ4n) is 2.08. The number of hydrogen-bond donors (Lipinski definition) is 1. The molecule has 3 nitrogen and oxygen atoms in total. The van der Waals surface area contributed by atoms with Crippen molar-refractivity contribution < 1.29 is 9.13 Å². The van der Waals surface area contributed by atoms with Gasteiger partial charge in [-0.15, -0.1) is 0 Å². The highest BCUT2D eigenvalue weighted by molar-refractivity contribution is 5.44. The predicted molar refractivity (Wildman–Crippen MR) is 79.3 cm³/mol. The monoisotopic (exact) mass is 284 g/mol. The van der Waals surface area contributed by atoms with Crippen molar-refractivity contribution in [3.63, 3.8) is 0 Å². The van der Waals surface area contributed by atoms with E-state index in [0.29, 0.717) is 0 Å². The highest BCUT2D eigenvalue weighted by Crippen LogP contribution is 2.28. The summed E-state index contributed by atoms with van der Waals surface area (Å²) < 4.78 is 19.4. The fraction of sp³-hybridized carbons (Fsp3) is 0.235. The largest absolute Gasteiger partial charge is 0.483 e. The van der Waals surface area contributed by atoms with E-state index in [4.69, 9.17) is 15.7 Å². The molecule has 2 aromatic carbocycles. The third-order valence-electron chi connectivity index (χ3n) is 3.22. The normalized spacial score (nSPS) is 13.3. The first-order chi connectivity index (χ1) is 10.0. The lowest BCUT2D eigenvalue weighted by Crippen LogP contribution is -2.29. The molecular weight excluding hydrogens is 267 g/mol. The van der Waals surface area contributed by atoms with Crippen molar-refractivity contribution in [3.8, 4) is 11.8 Å². The SMILES string of the molecule is Cc1ccc(C(Oc2cccc(F)c2C#N)C(C)N)cc1. The van der Waals surface area contributed by atoms with Crippen molar-refractivity contribution in [2.24, 2.45) is 5.73 Å². The Hall–Kier alpha value is -2.38. The van der Waals surface area contributed by atoms with Crippen molar-refractivity contribution in [1.29, 1.82) is 5.26 Å². The Balaban J connectivity index is 2.36. The third-order valence-corrected chi connectivity index (χ3v) is 3.22. The highest BCUT2D eigenvalue weighted by Gasteiger charge is 2.20. The molecule has 0 aliphatic carbocycles. The zero-order chi connectivity index (χ0) is 15.4. The number of nitriles is 1. The maximum atomic E-state index is 13.6. The van der Waals surface area contributed by atoms with Gasteiger partial charge in [0, 0.05) is 6.04 Å². The van der Waals surface area contributed by atoms with Crippen LogP contribution in [0, 0.1) is 24.1 Å². The van der Waals surface area contributed by atoms with Gasteiger partial charge in [0.2, 0.25) is 0 Å². The Morgan fingerprint density at radius 2 is 1.86 bits per heavy atom. The van der Waals surface area contributed by atoms with E-state index in [1.165, 1.54) is 12.1 Å². The van der Waals surface area contributed by atoms with E-state index in [2.05, 4.69) is 0 Å². The van der Waals surface area contributed by atoms with E-state index in [1.807, 2.05) is 44.2 Å². The molecule has 0 fully saturated rings. The maximum Gasteiger partial charge on any atom is 0.144 e. The molecule has 0 amide bonds. The lowest BCUT2D eigenvalue weighted by atomic mass is 10.0. The van der Waals surface area contributed by atoms with Crippen LogP contribution >= 0.6 is 0 Å². The van der Waals surface area contributed by atoms with Crippen LogP contribution in [0.5, 0.6) is 5.75 Å². The minimum atomic E-state index is -0.595. The van der Waals surface area contributed by atoms with E-state index < -0.39 is 11.9 Å². The van der Waals surface area contributed by atoms with Crippen molar-refractivity contribution in [2.75, 3.05) is 0 Å². The molecule has 2 aromatic rings. The van der Waals surface area contributed by atoms with Crippen LogP contribution in [0.2, 0.25) is 0 Å². The van der Waals surface area contributed by atoms with Crippen LogP contribution in [0.25, 0.3) is 0 Å². The molecule has 2 rings (SSSR count). The zero-order valence-corrected chi connectivity index (χ0v) is 12.0. The van der Waals surface area contributed by atoms with Crippen molar-refractivity contribution in [3.05, 3.63) is 65.0 Å². The second kappa shape index (κ2) is 6.38. The van der Waals surface area contributed by atoms with Gasteiger partial charge in [0.05, 0.1) is 0 Å². The molecule has 0 radical (unpaired) electrons. The summed E-state index contributed by atoms with van der Waals surface area (Å²) in [6.07, 6.45) is -0.445. The average molecular weight is 284 g/mol. The topological polar surface area (TPSA) is 59.0 Å². The van der Waals surface area contributed by atoms with Gasteiger partial charge in [0.15, 0.2) is 0 Å². The van der Waals surface area contributed by atoms with Crippen LogP contribution in [0.3, 0.4) is 0 Å². The number of aryl methyl sites for hydroxylation is 1. The van der Waals surface area contributed by atoms with Gasteiger partial charge in [-0.3, -0.25) is 0 Å². The molecule has 2 N–H and O–H groups in total. The van der Waals surface area contributed by atoms with Crippen LogP contribution in [-0.2, 0) is 0 Å². The Kier molecular flexibility index (Phi) is 4.56. The van der Waals surface area contributed by atoms with E-state index in [0.717, 1.165) is 11.1 Å². The Morgan fingerprint density at radius 3 is 2.43 bits per heavy atom. The van der Waals surface area contributed by atoms with Gasteiger partial charge in [0.1, 0.15) is 29.3 Å². The maximum absolute atomic E-state index is 13.6. The Bertz CT molecular complexity index is 659. The summed E-state index contributed by atoms with van der Waals surface area (Å²) in [5.41, 5.74) is 7.90. The molecule has 21 heavy (non-hydrogen) atoms. The second-order valence-corrected chi connectivity index (χ2v) is 5.03. The number of benzene rings is 2. The first-order valence-electron chi connectivity index (χ1n) is 6.70. The number of rotatable bonds is 4. The van der Waals surface area contributed by atoms with Crippen LogP contribution in [-0.4, -0.2) is 6.04 Å². The molecule has 2 unspecified atom stereocenters. The molecule has 0 saturated carbocycles. The zero-order valence-electron chi connectivity index (χ0n) is 12.0. The minimum absolute atomic E-state index is 0.102. The summed E-state index contributed by atoms with van der Waals surface area (Å²) in [4.78, 5) is 0. The summed E-state index contributed by atoms with van der Waals surface area (Å²) in [6.45, 7) is 3.81. The number of halogens is 1. The van der Waals surface area contributed by atoms with Gasteiger partial charge in [0.25, 0.3) is 0 Å². The van der Waals surface area contributed by atoms with Crippen LogP contribution in [0.4, 0.5) is 4.39 Å². The predicted octanol–water partition coefficient (Wildman–Crippen LogP) is 3.47. The van der Waals surface area contributed by atoms with Crippen molar-refractivity contribution in [2.45, 2.75) is 26.0 Å². The van der Waals surface area contributed by atoms with E-state index in [9.17, 15) is 4.39 Å². The van der Waals surface area contributed by atoms with Crippen LogP contribution < -0.4 is 10.5 Å². The first kappa shape index (κ1) is 15.0. The van der Waals surface area contributed by atoms with Gasteiger partial charge in [-0.25, -0.2) is 4.39 Å². The van der Waals surface area contributed by atoms with Crippen molar-refractivity contribution in [1.82, 2.24) is 0 Å². The molecule has 0 saturated heterocycles. The Labute approximate surface area is 123 Å². The second-order valence-electron chi connectivity index (χ2n) is 5.03. The van der Waals surface area contributed by atoms with E-state index >= 15 is 0 Å². The van der Waals surface area contributed by atoms with E-state index in [-0.39, 0.29) is 17.4 Å². The number of hydrogen-bond acceptors (Lipinski definition) is 3. The molecule has 108 valence electrons. The standard InChI is InChI=1S/C17H17FN2O/c1-11-6-8-13(9-7-11)17(12(2)20)21-16-5-3-4-15(18)14(16)10-19/h3-9,12,17H,20H2,1-2H3. The molecule has 0 spiro atoms. The molecule has 0 aromatic heterocycles. The van der Waals surface area contributed by atoms with Crippen LogP contribution in [0.15, 0.2) is 42.5 Å². The smallest absolute Gasteiger partial charge is 0.144 e. The first-order valence-corrected chi connectivity index (χ1v) is 6.70.